The van der Waals surface area contributed by atoms with Crippen molar-refractivity contribution < 1.29 is 23.6 Å². The Labute approximate surface area is 160 Å². The number of imide groups is 1. The quantitative estimate of drug-likeness (QED) is 0.621. The molecule has 2 aliphatic rings. The number of anilines is 1. The number of carbonyl (C=O) groups is 4. The van der Waals surface area contributed by atoms with Crippen LogP contribution in [-0.4, -0.2) is 34.6 Å². The fourth-order valence-corrected chi connectivity index (χ4v) is 3.42. The van der Waals surface area contributed by atoms with Crippen LogP contribution >= 0.6 is 0 Å². The lowest BCUT2D eigenvalue weighted by atomic mass is 10.0. The molecule has 1 aromatic carbocycles. The molecule has 0 bridgehead atoms. The van der Waals surface area contributed by atoms with Crippen LogP contribution in [0.5, 0.6) is 0 Å². The van der Waals surface area contributed by atoms with E-state index in [9.17, 15) is 19.2 Å². The van der Waals surface area contributed by atoms with Crippen LogP contribution in [0.15, 0.2) is 47.1 Å². The van der Waals surface area contributed by atoms with Crippen LogP contribution in [0.2, 0.25) is 0 Å². The Kier molecular flexibility index (Phi) is 4.52. The summed E-state index contributed by atoms with van der Waals surface area (Å²) in [5.74, 6) is -0.901. The zero-order valence-corrected chi connectivity index (χ0v) is 14.8. The van der Waals surface area contributed by atoms with Gasteiger partial charge < -0.3 is 14.6 Å². The predicted octanol–water partition coefficient (Wildman–Crippen LogP) is 1.69. The molecule has 8 nitrogen and oxygen atoms in total. The molecule has 0 aliphatic carbocycles. The number of nitrogens with one attached hydrogen (secondary N) is 2. The van der Waals surface area contributed by atoms with Crippen molar-refractivity contribution in [2.75, 3.05) is 5.32 Å². The van der Waals surface area contributed by atoms with Gasteiger partial charge in [0.2, 0.25) is 17.7 Å². The third-order valence-electron chi connectivity index (χ3n) is 4.78. The molecular weight excluding hydrogens is 362 g/mol. The normalized spacial score (nSPS) is 19.1. The summed E-state index contributed by atoms with van der Waals surface area (Å²) in [4.78, 5) is 49.9. The Bertz CT molecular complexity index is 993. The fraction of sp³-hybridized carbons (Fsp3) is 0.200. The van der Waals surface area contributed by atoms with Crippen LogP contribution in [0.3, 0.4) is 0 Å². The highest BCUT2D eigenvalue weighted by Crippen LogP contribution is 2.32. The van der Waals surface area contributed by atoms with Gasteiger partial charge >= 0.3 is 0 Å². The standard InChI is InChI=1S/C20H17N3O5/c24-17(8-6-12-3-2-10-28-12)21-15-5-1-4-13-14(15)11-23(20(13)27)16-7-9-18(25)22-19(16)26/h1-6,8,10,16H,7,9,11H2,(H,21,24)(H,22,25,26). The van der Waals surface area contributed by atoms with E-state index in [0.29, 0.717) is 22.6 Å². The molecule has 2 aliphatic heterocycles. The zero-order valence-electron chi connectivity index (χ0n) is 14.8. The molecule has 0 spiro atoms. The maximum Gasteiger partial charge on any atom is 0.255 e. The van der Waals surface area contributed by atoms with Gasteiger partial charge in [-0.3, -0.25) is 24.5 Å². The van der Waals surface area contributed by atoms with Gasteiger partial charge in [-0.15, -0.1) is 0 Å². The van der Waals surface area contributed by atoms with E-state index in [1.54, 1.807) is 36.4 Å². The highest BCUT2D eigenvalue weighted by Gasteiger charge is 2.39. The summed E-state index contributed by atoms with van der Waals surface area (Å²) in [6.45, 7) is 0.193. The molecule has 1 unspecified atom stereocenters. The number of furan rings is 1. The van der Waals surface area contributed by atoms with Gasteiger partial charge in [0.15, 0.2) is 0 Å². The van der Waals surface area contributed by atoms with Crippen LogP contribution < -0.4 is 10.6 Å². The van der Waals surface area contributed by atoms with E-state index in [1.165, 1.54) is 17.2 Å². The minimum atomic E-state index is -0.694. The predicted molar refractivity (Wildman–Crippen MR) is 98.9 cm³/mol. The van der Waals surface area contributed by atoms with E-state index in [4.69, 9.17) is 4.42 Å². The third-order valence-corrected chi connectivity index (χ3v) is 4.78. The average molecular weight is 379 g/mol. The second kappa shape index (κ2) is 7.15. The van der Waals surface area contributed by atoms with Gasteiger partial charge in [-0.05, 0) is 36.8 Å². The van der Waals surface area contributed by atoms with Crippen LogP contribution in [0.4, 0.5) is 5.69 Å². The number of fused-ring (bicyclic) bond motifs is 1. The van der Waals surface area contributed by atoms with E-state index in [2.05, 4.69) is 10.6 Å². The molecule has 142 valence electrons. The molecule has 8 heteroatoms. The van der Waals surface area contributed by atoms with Crippen molar-refractivity contribution in [2.45, 2.75) is 25.4 Å². The number of hydrogen-bond acceptors (Lipinski definition) is 5. The lowest BCUT2D eigenvalue weighted by molar-refractivity contribution is -0.137. The van der Waals surface area contributed by atoms with Crippen LogP contribution in [0.25, 0.3) is 6.08 Å². The number of hydrogen-bond donors (Lipinski definition) is 2. The van der Waals surface area contributed by atoms with E-state index >= 15 is 0 Å². The largest absolute Gasteiger partial charge is 0.465 e. The van der Waals surface area contributed by atoms with E-state index in [0.717, 1.165) is 0 Å². The summed E-state index contributed by atoms with van der Waals surface area (Å²) < 4.78 is 5.14. The van der Waals surface area contributed by atoms with Gasteiger partial charge in [-0.1, -0.05) is 6.07 Å². The van der Waals surface area contributed by atoms with E-state index in [1.807, 2.05) is 0 Å². The Morgan fingerprint density at radius 2 is 2.07 bits per heavy atom. The first-order chi connectivity index (χ1) is 13.5. The minimum absolute atomic E-state index is 0.192. The molecule has 1 saturated heterocycles. The first-order valence-corrected chi connectivity index (χ1v) is 8.82. The van der Waals surface area contributed by atoms with Gasteiger partial charge in [0.05, 0.1) is 6.26 Å². The summed E-state index contributed by atoms with van der Waals surface area (Å²) in [6.07, 6.45) is 4.87. The van der Waals surface area contributed by atoms with Crippen LogP contribution in [-0.2, 0) is 20.9 Å². The average Bonchev–Trinajstić information content (AvgIpc) is 3.29. The smallest absolute Gasteiger partial charge is 0.255 e. The Hall–Kier alpha value is -3.68. The second-order valence-corrected chi connectivity index (χ2v) is 6.57. The second-order valence-electron chi connectivity index (χ2n) is 6.57. The maximum atomic E-state index is 12.8. The lowest BCUT2D eigenvalue weighted by Crippen LogP contribution is -2.52. The fourth-order valence-electron chi connectivity index (χ4n) is 3.42. The summed E-state index contributed by atoms with van der Waals surface area (Å²) in [6, 6.07) is 7.80. The van der Waals surface area contributed by atoms with Crippen molar-refractivity contribution in [1.82, 2.24) is 10.2 Å². The molecule has 3 heterocycles. The van der Waals surface area contributed by atoms with Crippen molar-refractivity contribution in [2.24, 2.45) is 0 Å². The summed E-state index contributed by atoms with van der Waals surface area (Å²) in [7, 11) is 0. The van der Waals surface area contributed by atoms with Crippen LogP contribution in [0.1, 0.15) is 34.5 Å². The molecule has 4 rings (SSSR count). The summed E-state index contributed by atoms with van der Waals surface area (Å²) in [5.41, 5.74) is 1.60. The summed E-state index contributed by atoms with van der Waals surface area (Å²) in [5, 5.41) is 5.04. The maximum absolute atomic E-state index is 12.8. The highest BCUT2D eigenvalue weighted by molar-refractivity contribution is 6.08. The number of benzene rings is 1. The number of carbonyl (C=O) groups excluding carboxylic acids is 4. The Balaban J connectivity index is 1.52. The van der Waals surface area contributed by atoms with Crippen molar-refractivity contribution in [3.63, 3.8) is 0 Å². The van der Waals surface area contributed by atoms with Gasteiger partial charge in [0.1, 0.15) is 11.8 Å². The molecular formula is C20H17N3O5. The zero-order chi connectivity index (χ0) is 19.7. The SMILES string of the molecule is O=C(C=Cc1ccco1)Nc1cccc2c1CN(C1CCC(=O)NC1=O)C2=O. The number of amides is 4. The van der Waals surface area contributed by atoms with Crippen molar-refractivity contribution in [1.29, 1.82) is 0 Å². The topological polar surface area (TPSA) is 109 Å². The molecule has 0 saturated carbocycles. The van der Waals surface area contributed by atoms with Gasteiger partial charge in [-0.25, -0.2) is 0 Å². The first kappa shape index (κ1) is 17.7. The van der Waals surface area contributed by atoms with Crippen molar-refractivity contribution in [3.8, 4) is 0 Å². The lowest BCUT2D eigenvalue weighted by Gasteiger charge is -2.29. The minimum Gasteiger partial charge on any atom is -0.465 e. The first-order valence-electron chi connectivity index (χ1n) is 8.82. The highest BCUT2D eigenvalue weighted by atomic mass is 16.3. The van der Waals surface area contributed by atoms with E-state index in [-0.39, 0.29) is 37.1 Å². The van der Waals surface area contributed by atoms with Crippen molar-refractivity contribution >= 4 is 35.4 Å². The Morgan fingerprint density at radius 3 is 2.82 bits per heavy atom. The van der Waals surface area contributed by atoms with E-state index < -0.39 is 11.9 Å². The molecule has 2 N–H and O–H groups in total. The molecule has 1 aromatic heterocycles. The number of rotatable bonds is 4. The molecule has 28 heavy (non-hydrogen) atoms. The van der Waals surface area contributed by atoms with Crippen LogP contribution in [0, 0.1) is 0 Å². The summed E-state index contributed by atoms with van der Waals surface area (Å²) >= 11 is 0. The van der Waals surface area contributed by atoms with Gasteiger partial charge in [0.25, 0.3) is 5.91 Å². The molecule has 1 fully saturated rings. The molecule has 1 atom stereocenters. The third kappa shape index (κ3) is 3.32. The Morgan fingerprint density at radius 1 is 1.21 bits per heavy atom. The van der Waals surface area contributed by atoms with Crippen molar-refractivity contribution in [3.05, 3.63) is 59.6 Å². The molecule has 0 radical (unpaired) electrons. The monoisotopic (exact) mass is 379 g/mol. The number of piperidine rings is 1. The van der Waals surface area contributed by atoms with Gasteiger partial charge in [0, 0.05) is 35.9 Å². The number of nitrogens with zero attached hydrogens (tertiary/aromatic N) is 1. The molecule has 4 amide bonds. The molecule has 2 aromatic rings. The van der Waals surface area contributed by atoms with Gasteiger partial charge in [-0.2, -0.15) is 0 Å².